The van der Waals surface area contributed by atoms with Crippen molar-refractivity contribution in [3.63, 3.8) is 0 Å². The molecule has 0 amide bonds. The second kappa shape index (κ2) is 8.36. The van der Waals surface area contributed by atoms with Crippen LogP contribution in [0.4, 0.5) is 5.69 Å². The van der Waals surface area contributed by atoms with Gasteiger partial charge in [0.1, 0.15) is 5.75 Å². The molecule has 0 aliphatic carbocycles. The van der Waals surface area contributed by atoms with E-state index in [1.54, 1.807) is 19.5 Å². The van der Waals surface area contributed by atoms with Crippen LogP contribution in [0.5, 0.6) is 5.75 Å². The summed E-state index contributed by atoms with van der Waals surface area (Å²) in [5.41, 5.74) is 7.67. The summed E-state index contributed by atoms with van der Waals surface area (Å²) in [5.74, 6) is 1.13. The molecule has 20 heavy (non-hydrogen) atoms. The van der Waals surface area contributed by atoms with E-state index < -0.39 is 0 Å². The topological polar surface area (TPSA) is 72.5 Å². The Morgan fingerprint density at radius 3 is 2.90 bits per heavy atom. The van der Waals surface area contributed by atoms with Gasteiger partial charge in [-0.2, -0.15) is 0 Å². The van der Waals surface area contributed by atoms with Crippen molar-refractivity contribution in [2.24, 2.45) is 10.7 Å². The van der Waals surface area contributed by atoms with Crippen molar-refractivity contribution >= 4 is 35.6 Å². The van der Waals surface area contributed by atoms with Gasteiger partial charge in [0.05, 0.1) is 13.7 Å². The fourth-order valence-electron chi connectivity index (χ4n) is 1.56. The summed E-state index contributed by atoms with van der Waals surface area (Å²) in [6.45, 7) is 0.497. The quantitative estimate of drug-likeness (QED) is 0.483. The lowest BCUT2D eigenvalue weighted by Crippen LogP contribution is -2.22. The number of methoxy groups -OCH3 is 1. The van der Waals surface area contributed by atoms with E-state index in [1.807, 2.05) is 36.4 Å². The highest BCUT2D eigenvalue weighted by Gasteiger charge is 1.97. The lowest BCUT2D eigenvalue weighted by Gasteiger charge is -2.07. The first-order valence-electron chi connectivity index (χ1n) is 5.88. The van der Waals surface area contributed by atoms with Crippen LogP contribution in [0.1, 0.15) is 5.56 Å². The Morgan fingerprint density at radius 2 is 2.20 bits per heavy atom. The number of hydrogen-bond acceptors (Lipinski definition) is 3. The van der Waals surface area contributed by atoms with Gasteiger partial charge in [0.2, 0.25) is 0 Å². The third kappa shape index (κ3) is 5.04. The fraction of sp³-hybridized carbons (Fsp3) is 0.143. The molecule has 0 atom stereocenters. The van der Waals surface area contributed by atoms with Gasteiger partial charge in [0, 0.05) is 24.1 Å². The first-order chi connectivity index (χ1) is 9.28. The standard InChI is InChI=1S/C14H16N4O.HI/c1-19-13-6-2-5-12(8-13)18-14(15)17-10-11-4-3-7-16-9-11;/h2-9H,10H2,1H3,(H3,15,17,18);1H. The summed E-state index contributed by atoms with van der Waals surface area (Å²) in [5, 5.41) is 3.01. The van der Waals surface area contributed by atoms with Crippen molar-refractivity contribution in [2.45, 2.75) is 6.54 Å². The predicted molar refractivity (Wildman–Crippen MR) is 91.6 cm³/mol. The predicted octanol–water partition coefficient (Wildman–Crippen LogP) is 2.64. The number of aliphatic imine (C=N–C) groups is 1. The van der Waals surface area contributed by atoms with Gasteiger partial charge in [-0.25, -0.2) is 4.99 Å². The third-order valence-electron chi connectivity index (χ3n) is 2.50. The van der Waals surface area contributed by atoms with E-state index in [1.165, 1.54) is 0 Å². The zero-order valence-electron chi connectivity index (χ0n) is 11.1. The minimum atomic E-state index is 0. The van der Waals surface area contributed by atoms with Crippen LogP contribution in [0.25, 0.3) is 0 Å². The fourth-order valence-corrected chi connectivity index (χ4v) is 1.56. The SMILES string of the molecule is COc1cccc(NC(N)=NCc2cccnc2)c1.I. The van der Waals surface area contributed by atoms with Crippen LogP contribution in [0, 0.1) is 0 Å². The average molecular weight is 384 g/mol. The first-order valence-corrected chi connectivity index (χ1v) is 5.88. The molecule has 0 unspecified atom stereocenters. The second-order valence-electron chi connectivity index (χ2n) is 3.92. The number of guanidine groups is 1. The number of hydrogen-bond donors (Lipinski definition) is 2. The Labute approximate surface area is 135 Å². The first kappa shape index (κ1) is 16.2. The highest BCUT2D eigenvalue weighted by molar-refractivity contribution is 14.0. The molecule has 5 nitrogen and oxygen atoms in total. The van der Waals surface area contributed by atoms with E-state index in [9.17, 15) is 0 Å². The molecule has 106 valence electrons. The monoisotopic (exact) mass is 384 g/mol. The van der Waals surface area contributed by atoms with E-state index in [2.05, 4.69) is 15.3 Å². The molecule has 3 N–H and O–H groups in total. The molecule has 0 saturated carbocycles. The van der Waals surface area contributed by atoms with Gasteiger partial charge in [-0.15, -0.1) is 24.0 Å². The number of pyridine rings is 1. The van der Waals surface area contributed by atoms with Crippen molar-refractivity contribution in [3.05, 3.63) is 54.4 Å². The molecular weight excluding hydrogens is 367 g/mol. The van der Waals surface area contributed by atoms with Crippen LogP contribution in [-0.4, -0.2) is 18.1 Å². The molecule has 1 aromatic carbocycles. The van der Waals surface area contributed by atoms with Crippen molar-refractivity contribution in [1.82, 2.24) is 4.98 Å². The summed E-state index contributed by atoms with van der Waals surface area (Å²) < 4.78 is 5.14. The van der Waals surface area contributed by atoms with Gasteiger partial charge in [-0.05, 0) is 23.8 Å². The summed E-state index contributed by atoms with van der Waals surface area (Å²) in [6, 6.07) is 11.3. The number of benzene rings is 1. The summed E-state index contributed by atoms with van der Waals surface area (Å²) in [4.78, 5) is 8.27. The van der Waals surface area contributed by atoms with E-state index in [0.29, 0.717) is 12.5 Å². The van der Waals surface area contributed by atoms with Crippen molar-refractivity contribution in [3.8, 4) is 5.75 Å². The summed E-state index contributed by atoms with van der Waals surface area (Å²) in [7, 11) is 1.62. The van der Waals surface area contributed by atoms with Crippen molar-refractivity contribution in [2.75, 3.05) is 12.4 Å². The number of ether oxygens (including phenoxy) is 1. The van der Waals surface area contributed by atoms with Crippen molar-refractivity contribution < 1.29 is 4.74 Å². The Balaban J connectivity index is 0.00000200. The zero-order valence-corrected chi connectivity index (χ0v) is 13.4. The minimum Gasteiger partial charge on any atom is -0.497 e. The lowest BCUT2D eigenvalue weighted by atomic mass is 10.3. The zero-order chi connectivity index (χ0) is 13.5. The largest absolute Gasteiger partial charge is 0.497 e. The molecule has 0 bridgehead atoms. The molecule has 1 heterocycles. The molecule has 0 aliphatic heterocycles. The maximum Gasteiger partial charge on any atom is 0.193 e. The number of anilines is 1. The molecule has 2 rings (SSSR count). The number of nitrogens with two attached hydrogens (primary N) is 1. The Kier molecular flexibility index (Phi) is 6.78. The average Bonchev–Trinajstić information content (AvgIpc) is 2.46. The normalized spacial score (nSPS) is 10.6. The molecule has 0 spiro atoms. The van der Waals surface area contributed by atoms with Gasteiger partial charge >= 0.3 is 0 Å². The van der Waals surface area contributed by atoms with Gasteiger partial charge < -0.3 is 15.8 Å². The Hall–Kier alpha value is -1.83. The van der Waals surface area contributed by atoms with Crippen LogP contribution in [0.2, 0.25) is 0 Å². The maximum absolute atomic E-state index is 5.82. The van der Waals surface area contributed by atoms with Gasteiger partial charge in [0.25, 0.3) is 0 Å². The Bertz CT molecular complexity index is 560. The smallest absolute Gasteiger partial charge is 0.193 e. The van der Waals surface area contributed by atoms with Gasteiger partial charge in [-0.3, -0.25) is 4.98 Å². The number of nitrogens with one attached hydrogen (secondary N) is 1. The van der Waals surface area contributed by atoms with Gasteiger partial charge in [-0.1, -0.05) is 12.1 Å². The van der Waals surface area contributed by atoms with Crippen LogP contribution in [0.3, 0.4) is 0 Å². The van der Waals surface area contributed by atoms with E-state index in [0.717, 1.165) is 17.0 Å². The lowest BCUT2D eigenvalue weighted by molar-refractivity contribution is 0.415. The second-order valence-corrected chi connectivity index (χ2v) is 3.92. The minimum absolute atomic E-state index is 0. The van der Waals surface area contributed by atoms with Crippen LogP contribution < -0.4 is 15.8 Å². The van der Waals surface area contributed by atoms with Crippen molar-refractivity contribution in [1.29, 1.82) is 0 Å². The van der Waals surface area contributed by atoms with E-state index in [-0.39, 0.29) is 24.0 Å². The number of nitrogens with zero attached hydrogens (tertiary/aromatic N) is 2. The molecule has 0 aliphatic rings. The summed E-state index contributed by atoms with van der Waals surface area (Å²) >= 11 is 0. The number of aromatic nitrogens is 1. The highest BCUT2D eigenvalue weighted by Crippen LogP contribution is 2.16. The third-order valence-corrected chi connectivity index (χ3v) is 2.50. The number of halogens is 1. The van der Waals surface area contributed by atoms with E-state index in [4.69, 9.17) is 10.5 Å². The molecule has 6 heteroatoms. The van der Waals surface area contributed by atoms with Gasteiger partial charge in [0.15, 0.2) is 5.96 Å². The maximum atomic E-state index is 5.82. The van der Waals surface area contributed by atoms with Crippen LogP contribution in [0.15, 0.2) is 53.8 Å². The molecule has 0 radical (unpaired) electrons. The van der Waals surface area contributed by atoms with Crippen LogP contribution >= 0.6 is 24.0 Å². The molecule has 0 saturated heterocycles. The molecule has 0 fully saturated rings. The molecule has 1 aromatic heterocycles. The number of rotatable bonds is 4. The van der Waals surface area contributed by atoms with Crippen LogP contribution in [-0.2, 0) is 6.54 Å². The van der Waals surface area contributed by atoms with E-state index >= 15 is 0 Å². The summed E-state index contributed by atoms with van der Waals surface area (Å²) in [6.07, 6.45) is 3.49. The highest BCUT2D eigenvalue weighted by atomic mass is 127. The molecular formula is C14H17IN4O. The Morgan fingerprint density at radius 1 is 1.35 bits per heavy atom. The molecule has 2 aromatic rings.